The highest BCUT2D eigenvalue weighted by Gasteiger charge is 2.12. The summed E-state index contributed by atoms with van der Waals surface area (Å²) >= 11 is 3.28. The Balaban J connectivity index is 3.09. The molecule has 0 spiro atoms. The zero-order valence-corrected chi connectivity index (χ0v) is 9.79. The molecule has 0 aliphatic rings. The predicted octanol–water partition coefficient (Wildman–Crippen LogP) is 1.34. The van der Waals surface area contributed by atoms with Gasteiger partial charge in [0.2, 0.25) is 0 Å². The van der Waals surface area contributed by atoms with E-state index in [-0.39, 0.29) is 5.56 Å². The van der Waals surface area contributed by atoms with E-state index >= 15 is 0 Å². The number of fused-ring (bicyclic) bond motifs is 1. The van der Waals surface area contributed by atoms with Gasteiger partial charge in [0.05, 0.1) is 10.9 Å². The fraction of sp³-hybridized carbons (Fsp3) is 0.333. The van der Waals surface area contributed by atoms with Gasteiger partial charge in [0.25, 0.3) is 5.56 Å². The number of halogens is 1. The highest BCUT2D eigenvalue weighted by molar-refractivity contribution is 9.10. The zero-order valence-electron chi connectivity index (χ0n) is 8.21. The Labute approximate surface area is 89.3 Å². The largest absolute Gasteiger partial charge is 0.315 e. The van der Waals surface area contributed by atoms with Crippen molar-refractivity contribution < 1.29 is 0 Å². The van der Waals surface area contributed by atoms with Crippen LogP contribution in [-0.2, 0) is 14.1 Å². The van der Waals surface area contributed by atoms with E-state index in [0.717, 1.165) is 11.2 Å². The quantitative estimate of drug-likeness (QED) is 0.713. The van der Waals surface area contributed by atoms with Gasteiger partial charge in [-0.2, -0.15) is 5.10 Å². The molecule has 0 amide bonds. The molecule has 0 saturated heterocycles. The van der Waals surface area contributed by atoms with Crippen molar-refractivity contribution in [2.45, 2.75) is 6.92 Å². The highest BCUT2D eigenvalue weighted by atomic mass is 79.9. The topological polar surface area (TPSA) is 39.8 Å². The van der Waals surface area contributed by atoms with Gasteiger partial charge in [-0.25, -0.2) is 0 Å². The Hall–Kier alpha value is -1.10. The lowest BCUT2D eigenvalue weighted by Gasteiger charge is -2.03. The van der Waals surface area contributed by atoms with Crippen LogP contribution in [0.4, 0.5) is 0 Å². The van der Waals surface area contributed by atoms with Gasteiger partial charge in [-0.1, -0.05) is 0 Å². The summed E-state index contributed by atoms with van der Waals surface area (Å²) in [5.41, 5.74) is 1.77. The molecule has 0 saturated carbocycles. The van der Waals surface area contributed by atoms with E-state index in [2.05, 4.69) is 21.0 Å². The van der Waals surface area contributed by atoms with Gasteiger partial charge < -0.3 is 4.57 Å². The second kappa shape index (κ2) is 2.95. The molecule has 0 aliphatic heterocycles. The number of aryl methyl sites for hydroxylation is 2. The minimum atomic E-state index is -0.0139. The van der Waals surface area contributed by atoms with E-state index in [0.29, 0.717) is 9.99 Å². The highest BCUT2D eigenvalue weighted by Crippen LogP contribution is 2.19. The summed E-state index contributed by atoms with van der Waals surface area (Å²) < 4.78 is 3.93. The molecule has 74 valence electrons. The van der Waals surface area contributed by atoms with Crippen LogP contribution >= 0.6 is 15.9 Å². The fourth-order valence-corrected chi connectivity index (χ4v) is 2.10. The van der Waals surface area contributed by atoms with E-state index < -0.39 is 0 Å². The zero-order chi connectivity index (χ0) is 10.5. The van der Waals surface area contributed by atoms with Gasteiger partial charge in [-0.05, 0) is 28.9 Å². The van der Waals surface area contributed by atoms with E-state index in [1.165, 1.54) is 0 Å². The third-order valence-electron chi connectivity index (χ3n) is 2.44. The number of rotatable bonds is 0. The van der Waals surface area contributed by atoms with Crippen LogP contribution in [0, 0.1) is 6.92 Å². The first-order valence-electron chi connectivity index (χ1n) is 4.21. The van der Waals surface area contributed by atoms with Crippen molar-refractivity contribution in [2.75, 3.05) is 0 Å². The van der Waals surface area contributed by atoms with E-state index in [1.807, 2.05) is 20.0 Å². The molecule has 0 radical (unpaired) electrons. The van der Waals surface area contributed by atoms with Crippen molar-refractivity contribution in [1.82, 2.24) is 14.3 Å². The standard InChI is InChI=1S/C9H10BrN3O/c1-5-4-6-7(9(14)12(5)2)8(10)11-13(6)3/h4H,1-3H3. The molecule has 0 fully saturated rings. The van der Waals surface area contributed by atoms with Crippen molar-refractivity contribution >= 4 is 26.8 Å². The predicted molar refractivity (Wildman–Crippen MR) is 58.4 cm³/mol. The van der Waals surface area contributed by atoms with E-state index in [1.54, 1.807) is 16.3 Å². The Morgan fingerprint density at radius 1 is 1.43 bits per heavy atom. The minimum absolute atomic E-state index is 0.0139. The maximum atomic E-state index is 11.9. The van der Waals surface area contributed by atoms with Gasteiger partial charge in [-0.15, -0.1) is 0 Å². The van der Waals surface area contributed by atoms with Gasteiger partial charge in [0.1, 0.15) is 4.60 Å². The average Bonchev–Trinajstić information content (AvgIpc) is 2.38. The molecule has 0 unspecified atom stereocenters. The van der Waals surface area contributed by atoms with E-state index in [9.17, 15) is 4.79 Å². The summed E-state index contributed by atoms with van der Waals surface area (Å²) in [6.45, 7) is 1.90. The SMILES string of the molecule is Cc1cc2c(c(Br)nn2C)c(=O)n1C. The van der Waals surface area contributed by atoms with Crippen LogP contribution in [0.1, 0.15) is 5.69 Å². The summed E-state index contributed by atoms with van der Waals surface area (Å²) in [6, 6.07) is 1.95. The molecule has 5 heteroatoms. The number of nitrogens with zero attached hydrogens (tertiary/aromatic N) is 3. The normalized spacial score (nSPS) is 11.1. The van der Waals surface area contributed by atoms with Gasteiger partial charge >= 0.3 is 0 Å². The van der Waals surface area contributed by atoms with Crippen LogP contribution in [0.2, 0.25) is 0 Å². The third-order valence-corrected chi connectivity index (χ3v) is 3.00. The first-order valence-corrected chi connectivity index (χ1v) is 5.00. The maximum absolute atomic E-state index is 11.9. The molecule has 4 nitrogen and oxygen atoms in total. The first-order chi connectivity index (χ1) is 6.52. The second-order valence-electron chi connectivity index (χ2n) is 3.32. The lowest BCUT2D eigenvalue weighted by atomic mass is 10.3. The Bertz CT molecular complexity index is 567. The third kappa shape index (κ3) is 1.12. The Morgan fingerprint density at radius 2 is 2.07 bits per heavy atom. The van der Waals surface area contributed by atoms with Crippen molar-refractivity contribution in [2.24, 2.45) is 14.1 Å². The summed E-state index contributed by atoms with van der Waals surface area (Å²) in [7, 11) is 3.59. The van der Waals surface area contributed by atoms with Gasteiger partial charge in [-0.3, -0.25) is 9.48 Å². The lowest BCUT2D eigenvalue weighted by molar-refractivity contribution is 0.784. The van der Waals surface area contributed by atoms with Crippen molar-refractivity contribution in [3.8, 4) is 0 Å². The molecule has 0 atom stereocenters. The van der Waals surface area contributed by atoms with Crippen LogP contribution < -0.4 is 5.56 Å². The Kier molecular flexibility index (Phi) is 1.99. The summed E-state index contributed by atoms with van der Waals surface area (Å²) in [6.07, 6.45) is 0. The molecule has 0 aliphatic carbocycles. The van der Waals surface area contributed by atoms with Crippen LogP contribution in [0.15, 0.2) is 15.5 Å². The number of aromatic nitrogens is 3. The number of pyridine rings is 1. The fourth-order valence-electron chi connectivity index (χ4n) is 1.49. The van der Waals surface area contributed by atoms with Crippen LogP contribution in [0.3, 0.4) is 0 Å². The summed E-state index contributed by atoms with van der Waals surface area (Å²) in [5, 5.41) is 4.79. The Morgan fingerprint density at radius 3 is 2.71 bits per heavy atom. The summed E-state index contributed by atoms with van der Waals surface area (Å²) in [5.74, 6) is 0. The maximum Gasteiger partial charge on any atom is 0.262 e. The molecule has 0 bridgehead atoms. The van der Waals surface area contributed by atoms with Crippen LogP contribution in [-0.4, -0.2) is 14.3 Å². The molecule has 14 heavy (non-hydrogen) atoms. The molecule has 2 heterocycles. The molecular formula is C9H10BrN3O. The van der Waals surface area contributed by atoms with Crippen LogP contribution in [0.25, 0.3) is 10.9 Å². The first kappa shape index (κ1) is 9.45. The van der Waals surface area contributed by atoms with Crippen LogP contribution in [0.5, 0.6) is 0 Å². The minimum Gasteiger partial charge on any atom is -0.315 e. The molecule has 2 rings (SSSR count). The van der Waals surface area contributed by atoms with Gasteiger partial charge in [0, 0.05) is 19.8 Å². The molecular weight excluding hydrogens is 246 g/mol. The molecule has 2 aromatic rings. The average molecular weight is 256 g/mol. The monoisotopic (exact) mass is 255 g/mol. The van der Waals surface area contributed by atoms with Crippen molar-refractivity contribution in [3.63, 3.8) is 0 Å². The lowest BCUT2D eigenvalue weighted by Crippen LogP contribution is -2.18. The van der Waals surface area contributed by atoms with Crippen molar-refractivity contribution in [3.05, 3.63) is 26.7 Å². The summed E-state index contributed by atoms with van der Waals surface area (Å²) in [4.78, 5) is 11.9. The smallest absolute Gasteiger partial charge is 0.262 e. The van der Waals surface area contributed by atoms with E-state index in [4.69, 9.17) is 0 Å². The van der Waals surface area contributed by atoms with Gasteiger partial charge in [0.15, 0.2) is 0 Å². The number of hydrogen-bond acceptors (Lipinski definition) is 2. The second-order valence-corrected chi connectivity index (χ2v) is 4.08. The molecule has 0 N–H and O–H groups in total. The molecule has 2 aromatic heterocycles. The van der Waals surface area contributed by atoms with Crippen molar-refractivity contribution in [1.29, 1.82) is 0 Å². The number of hydrogen-bond donors (Lipinski definition) is 0. The molecule has 0 aromatic carbocycles.